The molecule has 0 atom stereocenters. The SMILES string of the molecule is NCC1(CC(=O)Nc2ccccc2C(=O)N2CCCCC2)CCCCC1. The van der Waals surface area contributed by atoms with Crippen LogP contribution >= 0.6 is 0 Å². The molecule has 0 unspecified atom stereocenters. The maximum absolute atomic E-state index is 12.9. The van der Waals surface area contributed by atoms with Gasteiger partial charge in [-0.2, -0.15) is 0 Å². The van der Waals surface area contributed by atoms with Crippen molar-refractivity contribution in [2.45, 2.75) is 57.8 Å². The number of para-hydroxylation sites is 1. The minimum absolute atomic E-state index is 0.0202. The van der Waals surface area contributed by atoms with Crippen molar-refractivity contribution in [3.05, 3.63) is 29.8 Å². The summed E-state index contributed by atoms with van der Waals surface area (Å²) in [6.07, 6.45) is 9.30. The van der Waals surface area contributed by atoms with Crippen LogP contribution < -0.4 is 11.1 Å². The zero-order valence-corrected chi connectivity index (χ0v) is 15.6. The van der Waals surface area contributed by atoms with Crippen molar-refractivity contribution >= 4 is 17.5 Å². The second-order valence-corrected chi connectivity index (χ2v) is 7.89. The average molecular weight is 357 g/mol. The van der Waals surface area contributed by atoms with Crippen molar-refractivity contribution in [2.24, 2.45) is 11.1 Å². The van der Waals surface area contributed by atoms with Gasteiger partial charge in [-0.3, -0.25) is 9.59 Å². The largest absolute Gasteiger partial charge is 0.339 e. The summed E-state index contributed by atoms with van der Waals surface area (Å²) in [7, 11) is 0. The van der Waals surface area contributed by atoms with Crippen LogP contribution in [0.2, 0.25) is 0 Å². The zero-order chi connectivity index (χ0) is 18.4. The summed E-state index contributed by atoms with van der Waals surface area (Å²) in [6.45, 7) is 2.16. The van der Waals surface area contributed by atoms with Crippen molar-refractivity contribution in [1.29, 1.82) is 0 Å². The average Bonchev–Trinajstić information content (AvgIpc) is 2.69. The van der Waals surface area contributed by atoms with Gasteiger partial charge in [0.2, 0.25) is 5.91 Å². The Kier molecular flexibility index (Phi) is 6.30. The van der Waals surface area contributed by atoms with Crippen LogP contribution in [0.4, 0.5) is 5.69 Å². The molecule has 2 amide bonds. The molecule has 1 aromatic rings. The van der Waals surface area contributed by atoms with E-state index in [0.29, 0.717) is 24.2 Å². The van der Waals surface area contributed by atoms with Gasteiger partial charge in [0.25, 0.3) is 5.91 Å². The van der Waals surface area contributed by atoms with Crippen molar-refractivity contribution in [2.75, 3.05) is 25.0 Å². The number of carbonyl (C=O) groups is 2. The number of amides is 2. The Hall–Kier alpha value is -1.88. The van der Waals surface area contributed by atoms with Gasteiger partial charge < -0.3 is 16.0 Å². The fourth-order valence-corrected chi connectivity index (χ4v) is 4.34. The summed E-state index contributed by atoms with van der Waals surface area (Å²) in [4.78, 5) is 27.5. The molecule has 1 aromatic carbocycles. The van der Waals surface area contributed by atoms with Gasteiger partial charge in [-0.25, -0.2) is 0 Å². The number of benzene rings is 1. The molecule has 2 aliphatic rings. The number of hydrogen-bond donors (Lipinski definition) is 2. The fourth-order valence-electron chi connectivity index (χ4n) is 4.34. The molecule has 1 aliphatic heterocycles. The summed E-state index contributed by atoms with van der Waals surface area (Å²) in [5.74, 6) is -0.0111. The number of nitrogens with zero attached hydrogens (tertiary/aromatic N) is 1. The molecule has 3 rings (SSSR count). The van der Waals surface area contributed by atoms with Crippen molar-refractivity contribution in [3.63, 3.8) is 0 Å². The van der Waals surface area contributed by atoms with Crippen LogP contribution in [0.5, 0.6) is 0 Å². The predicted octanol–water partition coefficient (Wildman–Crippen LogP) is 3.55. The van der Waals surface area contributed by atoms with E-state index in [9.17, 15) is 9.59 Å². The third kappa shape index (κ3) is 4.44. The van der Waals surface area contributed by atoms with Gasteiger partial charge in [0.1, 0.15) is 0 Å². The third-order valence-electron chi connectivity index (χ3n) is 5.96. The van der Waals surface area contributed by atoms with Crippen LogP contribution in [0.25, 0.3) is 0 Å². The molecule has 3 N–H and O–H groups in total. The summed E-state index contributed by atoms with van der Waals surface area (Å²) in [5.41, 5.74) is 7.15. The number of carbonyl (C=O) groups excluding carboxylic acids is 2. The van der Waals surface area contributed by atoms with Crippen LogP contribution in [0.1, 0.15) is 68.1 Å². The zero-order valence-electron chi connectivity index (χ0n) is 15.6. The Morgan fingerprint density at radius 2 is 1.65 bits per heavy atom. The number of anilines is 1. The molecule has 0 bridgehead atoms. The number of hydrogen-bond acceptors (Lipinski definition) is 3. The lowest BCUT2D eigenvalue weighted by Gasteiger charge is -2.35. The van der Waals surface area contributed by atoms with Gasteiger partial charge in [-0.1, -0.05) is 31.4 Å². The molecule has 0 spiro atoms. The smallest absolute Gasteiger partial charge is 0.255 e. The minimum Gasteiger partial charge on any atom is -0.339 e. The topological polar surface area (TPSA) is 75.4 Å². The van der Waals surface area contributed by atoms with Gasteiger partial charge in [0.15, 0.2) is 0 Å². The quantitative estimate of drug-likeness (QED) is 0.846. The Balaban J connectivity index is 1.69. The normalized spacial score (nSPS) is 19.8. The van der Waals surface area contributed by atoms with Crippen molar-refractivity contribution < 1.29 is 9.59 Å². The molecule has 1 saturated heterocycles. The van der Waals surface area contributed by atoms with E-state index in [4.69, 9.17) is 5.73 Å². The van der Waals surface area contributed by atoms with Crippen LogP contribution in [0.15, 0.2) is 24.3 Å². The van der Waals surface area contributed by atoms with Crippen molar-refractivity contribution in [1.82, 2.24) is 4.90 Å². The van der Waals surface area contributed by atoms with Crippen LogP contribution in [0, 0.1) is 5.41 Å². The fraction of sp³-hybridized carbons (Fsp3) is 0.619. The highest BCUT2D eigenvalue weighted by atomic mass is 16.2. The molecule has 142 valence electrons. The van der Waals surface area contributed by atoms with Gasteiger partial charge in [-0.05, 0) is 56.2 Å². The molecule has 1 aliphatic carbocycles. The molecule has 0 aromatic heterocycles. The first-order valence-corrected chi connectivity index (χ1v) is 10.0. The molecule has 5 heteroatoms. The summed E-state index contributed by atoms with van der Waals surface area (Å²) in [6, 6.07) is 7.36. The minimum atomic E-state index is -0.0752. The second-order valence-electron chi connectivity index (χ2n) is 7.89. The highest BCUT2D eigenvalue weighted by molar-refractivity contribution is 6.03. The molecule has 1 heterocycles. The molecule has 0 radical (unpaired) electrons. The van der Waals surface area contributed by atoms with E-state index in [2.05, 4.69) is 5.32 Å². The van der Waals surface area contributed by atoms with Gasteiger partial charge in [0.05, 0.1) is 11.3 Å². The van der Waals surface area contributed by atoms with E-state index in [1.807, 2.05) is 29.2 Å². The van der Waals surface area contributed by atoms with E-state index in [1.165, 1.54) is 12.8 Å². The standard InChI is InChI=1S/C21H31N3O2/c22-16-21(11-5-1-6-12-21)15-19(25)23-18-10-4-3-9-17(18)20(26)24-13-7-2-8-14-24/h3-4,9-10H,1-2,5-8,11-16,22H2,(H,23,25). The highest BCUT2D eigenvalue weighted by Gasteiger charge is 2.33. The lowest BCUT2D eigenvalue weighted by Crippen LogP contribution is -2.37. The molecule has 1 saturated carbocycles. The van der Waals surface area contributed by atoms with E-state index >= 15 is 0 Å². The van der Waals surface area contributed by atoms with Gasteiger partial charge in [-0.15, -0.1) is 0 Å². The first-order valence-electron chi connectivity index (χ1n) is 10.0. The lowest BCUT2D eigenvalue weighted by atomic mass is 9.71. The van der Waals surface area contributed by atoms with E-state index in [0.717, 1.165) is 51.6 Å². The number of piperidine rings is 1. The number of nitrogens with one attached hydrogen (secondary N) is 1. The van der Waals surface area contributed by atoms with Gasteiger partial charge >= 0.3 is 0 Å². The van der Waals surface area contributed by atoms with Crippen molar-refractivity contribution in [3.8, 4) is 0 Å². The van der Waals surface area contributed by atoms with Crippen LogP contribution in [-0.2, 0) is 4.79 Å². The summed E-state index contributed by atoms with van der Waals surface area (Å²) >= 11 is 0. The predicted molar refractivity (Wildman–Crippen MR) is 104 cm³/mol. The Morgan fingerprint density at radius 3 is 2.35 bits per heavy atom. The molecule has 5 nitrogen and oxygen atoms in total. The van der Waals surface area contributed by atoms with E-state index < -0.39 is 0 Å². The highest BCUT2D eigenvalue weighted by Crippen LogP contribution is 2.38. The van der Waals surface area contributed by atoms with Crippen LogP contribution in [0.3, 0.4) is 0 Å². The first-order chi connectivity index (χ1) is 12.6. The second kappa shape index (κ2) is 8.67. The molecule has 26 heavy (non-hydrogen) atoms. The summed E-state index contributed by atoms with van der Waals surface area (Å²) < 4.78 is 0. The Morgan fingerprint density at radius 1 is 1.00 bits per heavy atom. The number of nitrogens with two attached hydrogens (primary N) is 1. The number of likely N-dealkylation sites (tertiary alicyclic amines) is 1. The van der Waals surface area contributed by atoms with E-state index in [-0.39, 0.29) is 17.2 Å². The summed E-state index contributed by atoms with van der Waals surface area (Å²) in [5, 5.41) is 2.99. The maximum atomic E-state index is 12.9. The number of rotatable bonds is 5. The molecule has 2 fully saturated rings. The Labute approximate surface area is 156 Å². The monoisotopic (exact) mass is 357 g/mol. The molecular formula is C21H31N3O2. The lowest BCUT2D eigenvalue weighted by molar-refractivity contribution is -0.118. The third-order valence-corrected chi connectivity index (χ3v) is 5.96. The maximum Gasteiger partial charge on any atom is 0.255 e. The van der Waals surface area contributed by atoms with Gasteiger partial charge in [0, 0.05) is 19.5 Å². The Bertz CT molecular complexity index is 632. The van der Waals surface area contributed by atoms with E-state index in [1.54, 1.807) is 0 Å². The first kappa shape index (κ1) is 18.9. The molecular weight excluding hydrogens is 326 g/mol. The van der Waals surface area contributed by atoms with Crippen LogP contribution in [-0.4, -0.2) is 36.3 Å².